The number of nitrogens with zero attached hydrogens (tertiary/aromatic N) is 2. The molecule has 5 nitrogen and oxygen atoms in total. The number of hydrogen-bond donors (Lipinski definition) is 2. The van der Waals surface area contributed by atoms with E-state index in [1.165, 1.54) is 12.1 Å². The normalized spacial score (nSPS) is 10.9. The van der Waals surface area contributed by atoms with Crippen LogP contribution in [0.15, 0.2) is 60.7 Å². The Morgan fingerprint density at radius 1 is 0.964 bits per heavy atom. The van der Waals surface area contributed by atoms with Gasteiger partial charge < -0.3 is 16.2 Å². The van der Waals surface area contributed by atoms with Gasteiger partial charge in [0.25, 0.3) is 0 Å². The van der Waals surface area contributed by atoms with Gasteiger partial charge >= 0.3 is 0 Å². The molecule has 0 atom stereocenters. The molecule has 0 radical (unpaired) electrons. The third-order valence-electron chi connectivity index (χ3n) is 4.22. The van der Waals surface area contributed by atoms with E-state index in [-0.39, 0.29) is 12.4 Å². The second kappa shape index (κ2) is 7.32. The van der Waals surface area contributed by atoms with E-state index in [0.29, 0.717) is 50.1 Å². The highest BCUT2D eigenvalue weighted by atomic mass is 35.5. The number of benzene rings is 3. The molecule has 0 bridgehead atoms. The predicted octanol–water partition coefficient (Wildman–Crippen LogP) is 4.83. The van der Waals surface area contributed by atoms with Crippen LogP contribution in [-0.4, -0.2) is 9.97 Å². The van der Waals surface area contributed by atoms with Crippen LogP contribution in [0.3, 0.4) is 0 Å². The smallest absolute Gasteiger partial charge is 0.162 e. The van der Waals surface area contributed by atoms with Crippen LogP contribution in [0.2, 0.25) is 5.02 Å². The maximum atomic E-state index is 13.3. The van der Waals surface area contributed by atoms with E-state index in [1.54, 1.807) is 48.5 Å². The third-order valence-corrected chi connectivity index (χ3v) is 4.52. The number of aromatic nitrogens is 2. The molecule has 0 spiro atoms. The zero-order valence-corrected chi connectivity index (χ0v) is 15.4. The molecule has 0 aliphatic carbocycles. The first-order valence-corrected chi connectivity index (χ1v) is 8.87. The highest BCUT2D eigenvalue weighted by Crippen LogP contribution is 2.31. The van der Waals surface area contributed by atoms with Crippen LogP contribution in [0, 0.1) is 5.82 Å². The Morgan fingerprint density at radius 2 is 1.82 bits per heavy atom. The summed E-state index contributed by atoms with van der Waals surface area (Å²) in [6.45, 7) is 0.206. The molecular weight excluding hydrogens is 379 g/mol. The highest BCUT2D eigenvalue weighted by Gasteiger charge is 2.11. The molecule has 4 aromatic rings. The lowest BCUT2D eigenvalue weighted by Gasteiger charge is -2.10. The number of hydrogen-bond acceptors (Lipinski definition) is 5. The van der Waals surface area contributed by atoms with Crippen LogP contribution < -0.4 is 16.2 Å². The van der Waals surface area contributed by atoms with Gasteiger partial charge in [0.05, 0.1) is 10.5 Å². The largest absolute Gasteiger partial charge is 0.487 e. The average molecular weight is 395 g/mol. The van der Waals surface area contributed by atoms with Crippen molar-refractivity contribution in [2.75, 3.05) is 11.5 Å². The number of anilines is 2. The van der Waals surface area contributed by atoms with Crippen molar-refractivity contribution in [3.63, 3.8) is 0 Å². The summed E-state index contributed by atoms with van der Waals surface area (Å²) in [7, 11) is 0. The van der Waals surface area contributed by atoms with E-state index in [1.807, 2.05) is 0 Å². The first-order valence-electron chi connectivity index (χ1n) is 8.49. The van der Waals surface area contributed by atoms with Gasteiger partial charge in [-0.15, -0.1) is 0 Å². The molecule has 0 saturated carbocycles. The van der Waals surface area contributed by atoms with E-state index in [9.17, 15) is 4.39 Å². The fourth-order valence-corrected chi connectivity index (χ4v) is 3.08. The van der Waals surface area contributed by atoms with Crippen LogP contribution in [0.25, 0.3) is 22.3 Å². The van der Waals surface area contributed by atoms with Crippen molar-refractivity contribution >= 4 is 34.0 Å². The summed E-state index contributed by atoms with van der Waals surface area (Å²) in [6, 6.07) is 16.7. The molecule has 0 unspecified atom stereocenters. The van der Waals surface area contributed by atoms with Gasteiger partial charge in [0.1, 0.15) is 24.0 Å². The molecule has 1 heterocycles. The van der Waals surface area contributed by atoms with Crippen LogP contribution in [0.1, 0.15) is 5.56 Å². The Balaban J connectivity index is 1.60. The van der Waals surface area contributed by atoms with Crippen LogP contribution in [-0.2, 0) is 6.61 Å². The van der Waals surface area contributed by atoms with Crippen molar-refractivity contribution in [2.24, 2.45) is 0 Å². The van der Waals surface area contributed by atoms with E-state index in [0.717, 1.165) is 0 Å². The van der Waals surface area contributed by atoms with E-state index >= 15 is 0 Å². The lowest BCUT2D eigenvalue weighted by Crippen LogP contribution is -1.99. The topological polar surface area (TPSA) is 87.0 Å². The van der Waals surface area contributed by atoms with Crippen LogP contribution in [0.5, 0.6) is 5.75 Å². The van der Waals surface area contributed by atoms with Crippen LogP contribution >= 0.6 is 11.6 Å². The first-order chi connectivity index (χ1) is 13.5. The van der Waals surface area contributed by atoms with Gasteiger partial charge in [-0.1, -0.05) is 23.7 Å². The summed E-state index contributed by atoms with van der Waals surface area (Å²) in [6.07, 6.45) is 0. The van der Waals surface area contributed by atoms with Gasteiger partial charge in [-0.25, -0.2) is 14.4 Å². The molecule has 0 fully saturated rings. The van der Waals surface area contributed by atoms with Crippen molar-refractivity contribution in [1.82, 2.24) is 9.97 Å². The molecule has 28 heavy (non-hydrogen) atoms. The highest BCUT2D eigenvalue weighted by molar-refractivity contribution is 6.32. The van der Waals surface area contributed by atoms with Crippen molar-refractivity contribution in [3.8, 4) is 17.1 Å². The second-order valence-corrected chi connectivity index (χ2v) is 6.68. The molecule has 3 aromatic carbocycles. The van der Waals surface area contributed by atoms with E-state index in [2.05, 4.69) is 9.97 Å². The quantitative estimate of drug-likeness (QED) is 0.484. The molecule has 140 valence electrons. The number of ether oxygens (including phenoxy) is 1. The standard InChI is InChI=1S/C21H16ClFN4O/c22-17-9-13(4-7-19(17)28-11-12-2-1-3-14(23)8-12)21-26-18-6-5-15(24)10-16(18)20(25)27-21/h1-10H,11,24H2,(H2,25,26,27). The average Bonchev–Trinajstić information content (AvgIpc) is 2.67. The zero-order valence-electron chi connectivity index (χ0n) is 14.7. The fraction of sp³-hybridized carbons (Fsp3) is 0.0476. The molecule has 0 aliphatic heterocycles. The Morgan fingerprint density at radius 3 is 2.61 bits per heavy atom. The fourth-order valence-electron chi connectivity index (χ4n) is 2.84. The monoisotopic (exact) mass is 394 g/mol. The van der Waals surface area contributed by atoms with Gasteiger partial charge in [0.2, 0.25) is 0 Å². The molecule has 0 saturated heterocycles. The summed E-state index contributed by atoms with van der Waals surface area (Å²) in [5.74, 6) is 0.967. The SMILES string of the molecule is Nc1ccc2nc(-c3ccc(OCc4cccc(F)c4)c(Cl)c3)nc(N)c2c1. The minimum absolute atomic E-state index is 0.206. The van der Waals surface area contributed by atoms with Crippen molar-refractivity contribution < 1.29 is 9.13 Å². The van der Waals surface area contributed by atoms with Crippen molar-refractivity contribution in [1.29, 1.82) is 0 Å². The number of rotatable bonds is 4. The zero-order chi connectivity index (χ0) is 19.7. The van der Waals surface area contributed by atoms with Gasteiger partial charge in [-0.3, -0.25) is 0 Å². The lowest BCUT2D eigenvalue weighted by molar-refractivity contribution is 0.306. The molecule has 4 N–H and O–H groups in total. The molecule has 0 aliphatic rings. The Kier molecular flexibility index (Phi) is 4.71. The summed E-state index contributed by atoms with van der Waals surface area (Å²) in [4.78, 5) is 8.89. The van der Waals surface area contributed by atoms with Crippen molar-refractivity contribution in [2.45, 2.75) is 6.61 Å². The maximum absolute atomic E-state index is 13.3. The second-order valence-electron chi connectivity index (χ2n) is 6.27. The number of nitrogens with two attached hydrogens (primary N) is 2. The molecule has 7 heteroatoms. The Bertz CT molecular complexity index is 1180. The summed E-state index contributed by atoms with van der Waals surface area (Å²) < 4.78 is 19.0. The summed E-state index contributed by atoms with van der Waals surface area (Å²) in [5.41, 5.74) is 14.6. The van der Waals surface area contributed by atoms with E-state index in [4.69, 9.17) is 27.8 Å². The molecular formula is C21H16ClFN4O. The minimum atomic E-state index is -0.310. The maximum Gasteiger partial charge on any atom is 0.162 e. The summed E-state index contributed by atoms with van der Waals surface area (Å²) in [5, 5.41) is 1.10. The molecule has 0 amide bonds. The number of nitrogen functional groups attached to an aromatic ring is 2. The van der Waals surface area contributed by atoms with Gasteiger partial charge in [-0.2, -0.15) is 0 Å². The third kappa shape index (κ3) is 3.68. The number of fused-ring (bicyclic) bond motifs is 1. The predicted molar refractivity (Wildman–Crippen MR) is 110 cm³/mol. The summed E-state index contributed by atoms with van der Waals surface area (Å²) >= 11 is 6.35. The van der Waals surface area contributed by atoms with Crippen molar-refractivity contribution in [3.05, 3.63) is 77.1 Å². The number of halogens is 2. The first kappa shape index (κ1) is 18.0. The Hall–Kier alpha value is -3.38. The lowest BCUT2D eigenvalue weighted by atomic mass is 10.1. The molecule has 4 rings (SSSR count). The van der Waals surface area contributed by atoms with Gasteiger partial charge in [-0.05, 0) is 54.1 Å². The van der Waals surface area contributed by atoms with Crippen LogP contribution in [0.4, 0.5) is 15.9 Å². The van der Waals surface area contributed by atoms with Gasteiger partial charge in [0, 0.05) is 16.6 Å². The minimum Gasteiger partial charge on any atom is -0.487 e. The van der Waals surface area contributed by atoms with E-state index < -0.39 is 0 Å². The van der Waals surface area contributed by atoms with Gasteiger partial charge in [0.15, 0.2) is 5.82 Å². The Labute approximate surface area is 165 Å². The molecule has 1 aromatic heterocycles.